The summed E-state index contributed by atoms with van der Waals surface area (Å²) in [6.45, 7) is 9.95. The fraction of sp³-hybridized carbons (Fsp3) is 0.419. The van der Waals surface area contributed by atoms with E-state index in [4.69, 9.17) is 14.2 Å². The van der Waals surface area contributed by atoms with Crippen LogP contribution in [0.5, 0.6) is 5.75 Å². The average molecular weight is 525 g/mol. The maximum absolute atomic E-state index is 12.4. The molecule has 1 saturated heterocycles. The van der Waals surface area contributed by atoms with Crippen LogP contribution >= 0.6 is 0 Å². The molecule has 206 valence electrons. The highest BCUT2D eigenvalue weighted by Gasteiger charge is 2.41. The summed E-state index contributed by atoms with van der Waals surface area (Å²) >= 11 is 0. The summed E-state index contributed by atoms with van der Waals surface area (Å²) in [5, 5.41) is 19.9. The van der Waals surface area contributed by atoms with Gasteiger partial charge in [0, 0.05) is 6.92 Å². The van der Waals surface area contributed by atoms with Crippen LogP contribution in [0.3, 0.4) is 0 Å². The highest BCUT2D eigenvalue weighted by atomic mass is 16.6. The molecule has 1 aromatic carbocycles. The van der Waals surface area contributed by atoms with E-state index in [1.807, 2.05) is 64.1 Å². The van der Waals surface area contributed by atoms with E-state index < -0.39 is 30.3 Å². The molecule has 3 unspecified atom stereocenters. The van der Waals surface area contributed by atoms with Gasteiger partial charge in [0.1, 0.15) is 5.75 Å². The van der Waals surface area contributed by atoms with Gasteiger partial charge >= 0.3 is 11.9 Å². The molecule has 7 heteroatoms. The van der Waals surface area contributed by atoms with Crippen LogP contribution < -0.4 is 0 Å². The van der Waals surface area contributed by atoms with Crippen molar-refractivity contribution in [2.45, 2.75) is 72.2 Å². The minimum atomic E-state index is -0.815. The molecule has 0 aromatic heterocycles. The number of ether oxygens (including phenoxy) is 3. The van der Waals surface area contributed by atoms with Gasteiger partial charge in [0.15, 0.2) is 12.2 Å². The third-order valence-corrected chi connectivity index (χ3v) is 5.93. The van der Waals surface area contributed by atoms with Crippen LogP contribution in [-0.2, 0) is 23.8 Å². The van der Waals surface area contributed by atoms with Crippen molar-refractivity contribution in [3.8, 4) is 5.75 Å². The van der Waals surface area contributed by atoms with E-state index in [-0.39, 0.29) is 17.7 Å². The molecule has 0 bridgehead atoms. The van der Waals surface area contributed by atoms with Gasteiger partial charge in [-0.15, -0.1) is 0 Å². The lowest BCUT2D eigenvalue weighted by atomic mass is 10.0. The molecular formula is C31H40O7. The van der Waals surface area contributed by atoms with Crippen LogP contribution in [0, 0.1) is 0 Å². The molecule has 1 aliphatic heterocycles. The second-order valence-corrected chi connectivity index (χ2v) is 9.62. The first-order valence-electron chi connectivity index (χ1n) is 12.8. The quantitative estimate of drug-likeness (QED) is 0.150. The monoisotopic (exact) mass is 524 g/mol. The largest absolute Gasteiger partial charge is 0.508 e. The van der Waals surface area contributed by atoms with Gasteiger partial charge in [-0.25, -0.2) is 4.79 Å². The summed E-state index contributed by atoms with van der Waals surface area (Å²) in [6, 6.07) is 6.96. The standard InChI is InChI=1S/C31H40O7/c1-21(2)20-29-30(37-24(5)32)27(31(35)38-29)15-16-28(34)23(4)9-6-8-22(3)17-19-36-18-7-10-25-11-13-26(33)14-12-25/h7,9-15,17,20,28-30,33-34H,6,8,16,18-19H2,1-5H3. The highest BCUT2D eigenvalue weighted by Crippen LogP contribution is 2.27. The molecule has 2 N–H and O–H groups in total. The lowest BCUT2D eigenvalue weighted by Crippen LogP contribution is -2.26. The van der Waals surface area contributed by atoms with Gasteiger partial charge in [-0.3, -0.25) is 4.79 Å². The second-order valence-electron chi connectivity index (χ2n) is 9.62. The van der Waals surface area contributed by atoms with Gasteiger partial charge in [-0.1, -0.05) is 53.7 Å². The number of hydrogen-bond donors (Lipinski definition) is 2. The van der Waals surface area contributed by atoms with Crippen LogP contribution in [0.25, 0.3) is 6.08 Å². The number of phenols is 1. The lowest BCUT2D eigenvalue weighted by Gasteiger charge is -2.16. The van der Waals surface area contributed by atoms with Gasteiger partial charge in [0.25, 0.3) is 0 Å². The summed E-state index contributed by atoms with van der Waals surface area (Å²) in [5.74, 6) is -0.789. The number of aromatic hydroxyl groups is 1. The van der Waals surface area contributed by atoms with E-state index >= 15 is 0 Å². The molecule has 1 aromatic rings. The molecule has 1 aliphatic rings. The molecule has 3 atom stereocenters. The predicted octanol–water partition coefficient (Wildman–Crippen LogP) is 5.60. The number of aliphatic hydroxyl groups excluding tert-OH is 1. The van der Waals surface area contributed by atoms with E-state index in [0.717, 1.165) is 29.6 Å². The Balaban J connectivity index is 1.80. The number of esters is 2. The first-order valence-corrected chi connectivity index (χ1v) is 12.8. The van der Waals surface area contributed by atoms with Gasteiger partial charge in [0.2, 0.25) is 0 Å². The zero-order chi connectivity index (χ0) is 28.1. The molecule has 7 nitrogen and oxygen atoms in total. The van der Waals surface area contributed by atoms with E-state index in [9.17, 15) is 19.8 Å². The number of rotatable bonds is 13. The molecule has 2 rings (SSSR count). The maximum atomic E-state index is 12.4. The number of hydrogen-bond acceptors (Lipinski definition) is 7. The van der Waals surface area contributed by atoms with E-state index in [1.54, 1.807) is 24.3 Å². The fourth-order valence-corrected chi connectivity index (χ4v) is 3.80. The smallest absolute Gasteiger partial charge is 0.338 e. The summed E-state index contributed by atoms with van der Waals surface area (Å²) in [4.78, 5) is 23.9. The normalized spacial score (nSPS) is 20.1. The summed E-state index contributed by atoms with van der Waals surface area (Å²) in [6.07, 6.45) is 10.8. The molecule has 0 saturated carbocycles. The van der Waals surface area contributed by atoms with Crippen molar-refractivity contribution in [1.82, 2.24) is 0 Å². The van der Waals surface area contributed by atoms with Crippen LogP contribution in [0.1, 0.15) is 59.4 Å². The Hall–Kier alpha value is -3.42. The molecule has 0 radical (unpaired) electrons. The summed E-state index contributed by atoms with van der Waals surface area (Å²) < 4.78 is 16.3. The zero-order valence-electron chi connectivity index (χ0n) is 23.0. The minimum Gasteiger partial charge on any atom is -0.508 e. The lowest BCUT2D eigenvalue weighted by molar-refractivity contribution is -0.148. The van der Waals surface area contributed by atoms with Crippen LogP contribution in [-0.4, -0.2) is 53.7 Å². The van der Waals surface area contributed by atoms with E-state index in [0.29, 0.717) is 13.2 Å². The summed E-state index contributed by atoms with van der Waals surface area (Å²) in [5.41, 5.74) is 4.20. The Morgan fingerprint density at radius 2 is 1.79 bits per heavy atom. The number of aliphatic hydroxyl groups is 1. The zero-order valence-corrected chi connectivity index (χ0v) is 23.0. The summed E-state index contributed by atoms with van der Waals surface area (Å²) in [7, 11) is 0. The first kappa shape index (κ1) is 30.8. The Morgan fingerprint density at radius 3 is 2.45 bits per heavy atom. The molecule has 1 fully saturated rings. The highest BCUT2D eigenvalue weighted by molar-refractivity contribution is 5.93. The van der Waals surface area contributed by atoms with Crippen molar-refractivity contribution < 1.29 is 34.0 Å². The molecule has 1 heterocycles. The molecule has 38 heavy (non-hydrogen) atoms. The number of carbonyl (C=O) groups excluding carboxylic acids is 2. The van der Waals surface area contributed by atoms with Crippen LogP contribution in [0.2, 0.25) is 0 Å². The van der Waals surface area contributed by atoms with Crippen molar-refractivity contribution in [2.75, 3.05) is 13.2 Å². The van der Waals surface area contributed by atoms with Crippen molar-refractivity contribution in [2.24, 2.45) is 0 Å². The van der Waals surface area contributed by atoms with E-state index in [2.05, 4.69) is 0 Å². The third-order valence-electron chi connectivity index (χ3n) is 5.93. The number of benzene rings is 1. The van der Waals surface area contributed by atoms with Gasteiger partial charge in [0.05, 0.1) is 24.9 Å². The van der Waals surface area contributed by atoms with Crippen molar-refractivity contribution in [3.05, 3.63) is 82.5 Å². The minimum absolute atomic E-state index is 0.215. The average Bonchev–Trinajstić information content (AvgIpc) is 3.12. The van der Waals surface area contributed by atoms with Crippen molar-refractivity contribution in [1.29, 1.82) is 0 Å². The molecular weight excluding hydrogens is 484 g/mol. The molecule has 0 aliphatic carbocycles. The Labute approximate surface area is 225 Å². The molecule has 0 spiro atoms. The number of cyclic esters (lactones) is 1. The van der Waals surface area contributed by atoms with Crippen LogP contribution in [0.15, 0.2) is 76.9 Å². The second kappa shape index (κ2) is 15.7. The van der Waals surface area contributed by atoms with Crippen molar-refractivity contribution >= 4 is 18.0 Å². The first-order chi connectivity index (χ1) is 18.1. The number of carbonyl (C=O) groups is 2. The van der Waals surface area contributed by atoms with Gasteiger partial charge in [-0.2, -0.15) is 0 Å². The number of allylic oxidation sites excluding steroid dienone is 3. The van der Waals surface area contributed by atoms with E-state index in [1.165, 1.54) is 12.5 Å². The van der Waals surface area contributed by atoms with Crippen LogP contribution in [0.4, 0.5) is 0 Å². The van der Waals surface area contributed by atoms with Gasteiger partial charge < -0.3 is 24.4 Å². The molecule has 0 amide bonds. The third kappa shape index (κ3) is 10.9. The fourth-order valence-electron chi connectivity index (χ4n) is 3.80. The number of phenolic OH excluding ortho intramolecular Hbond substituents is 1. The topological polar surface area (TPSA) is 102 Å². The SMILES string of the molecule is CC(=O)OC1C(=CCC(O)C(C)=CCCC(C)=CCOCC=Cc2ccc(O)cc2)C(=O)OC1C=C(C)C. The van der Waals surface area contributed by atoms with Gasteiger partial charge in [-0.05, 0) is 76.3 Å². The Bertz CT molecular complexity index is 1090. The maximum Gasteiger partial charge on any atom is 0.338 e. The Morgan fingerprint density at radius 1 is 1.08 bits per heavy atom. The Kier molecular flexibility index (Phi) is 12.8. The predicted molar refractivity (Wildman–Crippen MR) is 148 cm³/mol. The van der Waals surface area contributed by atoms with Crippen molar-refractivity contribution in [3.63, 3.8) is 0 Å².